The summed E-state index contributed by atoms with van der Waals surface area (Å²) in [6.45, 7) is 0. The van der Waals surface area contributed by atoms with Gasteiger partial charge in [0, 0.05) is 10.5 Å². The molecule has 0 aliphatic carbocycles. The lowest BCUT2D eigenvalue weighted by Gasteiger charge is -2.07. The monoisotopic (exact) mass is 397 g/mol. The second-order valence-corrected chi connectivity index (χ2v) is 7.64. The molecule has 2 heterocycles. The van der Waals surface area contributed by atoms with Gasteiger partial charge < -0.3 is 9.47 Å². The zero-order valence-corrected chi connectivity index (χ0v) is 13.2. The lowest BCUT2D eigenvalue weighted by molar-refractivity contribution is -0.286. The first-order valence-corrected chi connectivity index (χ1v) is 8.58. The highest BCUT2D eigenvalue weighted by Gasteiger charge is 2.43. The number of benzene rings is 1. The summed E-state index contributed by atoms with van der Waals surface area (Å²) in [7, 11) is -3.81. The lowest BCUT2D eigenvalue weighted by Crippen LogP contribution is -2.25. The second-order valence-electron chi connectivity index (χ2n) is 3.99. The number of sulfonamides is 1. The molecule has 1 aliphatic heterocycles. The van der Waals surface area contributed by atoms with Crippen LogP contribution in [-0.4, -0.2) is 14.7 Å². The molecule has 10 heteroatoms. The van der Waals surface area contributed by atoms with E-state index >= 15 is 0 Å². The normalized spacial score (nSPS) is 16.0. The lowest BCUT2D eigenvalue weighted by atomic mass is 10.3. The number of rotatable bonds is 3. The molecule has 1 aromatic carbocycles. The van der Waals surface area contributed by atoms with E-state index in [0.29, 0.717) is 4.47 Å². The van der Waals surface area contributed by atoms with Crippen LogP contribution in [0.25, 0.3) is 0 Å². The first-order chi connectivity index (χ1) is 9.77. The molecule has 5 nitrogen and oxygen atoms in total. The van der Waals surface area contributed by atoms with E-state index in [-0.39, 0.29) is 21.4 Å². The van der Waals surface area contributed by atoms with Crippen LogP contribution in [-0.2, 0) is 10.0 Å². The van der Waals surface area contributed by atoms with Crippen molar-refractivity contribution < 1.29 is 26.7 Å². The predicted molar refractivity (Wildman–Crippen MR) is 75.5 cm³/mol. The molecular weight excluding hydrogens is 392 g/mol. The molecule has 0 unspecified atom stereocenters. The molecule has 0 bridgehead atoms. The van der Waals surface area contributed by atoms with Crippen LogP contribution in [0.15, 0.2) is 38.3 Å². The Bertz CT molecular complexity index is 806. The molecule has 1 aromatic heterocycles. The van der Waals surface area contributed by atoms with Gasteiger partial charge in [-0.05, 0) is 39.5 Å². The van der Waals surface area contributed by atoms with Gasteiger partial charge in [0.15, 0.2) is 15.7 Å². The van der Waals surface area contributed by atoms with E-state index in [1.807, 2.05) is 0 Å². The Morgan fingerprint density at radius 2 is 1.90 bits per heavy atom. The van der Waals surface area contributed by atoms with Crippen molar-refractivity contribution >= 4 is 43.0 Å². The van der Waals surface area contributed by atoms with Gasteiger partial charge in [-0.2, -0.15) is 0 Å². The van der Waals surface area contributed by atoms with Crippen molar-refractivity contribution in [3.63, 3.8) is 0 Å². The Labute approximate surface area is 130 Å². The average Bonchev–Trinajstić information content (AvgIpc) is 2.90. The summed E-state index contributed by atoms with van der Waals surface area (Å²) in [6, 6.07) is 5.24. The summed E-state index contributed by atoms with van der Waals surface area (Å²) in [5, 5.41) is 1.61. The van der Waals surface area contributed by atoms with Gasteiger partial charge in [-0.25, -0.2) is 8.42 Å². The minimum absolute atomic E-state index is 0.0884. The van der Waals surface area contributed by atoms with Crippen LogP contribution in [0.1, 0.15) is 0 Å². The third-order valence-electron chi connectivity index (χ3n) is 2.48. The van der Waals surface area contributed by atoms with Crippen molar-refractivity contribution in [3.8, 4) is 11.5 Å². The van der Waals surface area contributed by atoms with Crippen molar-refractivity contribution in [1.82, 2.24) is 0 Å². The summed E-state index contributed by atoms with van der Waals surface area (Å²) in [4.78, 5) is 0. The van der Waals surface area contributed by atoms with Crippen LogP contribution >= 0.6 is 27.3 Å². The first-order valence-electron chi connectivity index (χ1n) is 5.42. The maximum Gasteiger partial charge on any atom is 0.586 e. The second kappa shape index (κ2) is 4.82. The summed E-state index contributed by atoms with van der Waals surface area (Å²) in [5.41, 5.74) is 0.0929. The van der Waals surface area contributed by atoms with E-state index < -0.39 is 16.3 Å². The van der Waals surface area contributed by atoms with Crippen molar-refractivity contribution in [1.29, 1.82) is 0 Å². The molecule has 1 N–H and O–H groups in total. The predicted octanol–water partition coefficient (Wildman–Crippen LogP) is 3.63. The van der Waals surface area contributed by atoms with Crippen LogP contribution < -0.4 is 14.2 Å². The largest absolute Gasteiger partial charge is 0.586 e. The van der Waals surface area contributed by atoms with E-state index in [9.17, 15) is 17.2 Å². The average molecular weight is 398 g/mol. The Balaban J connectivity index is 1.89. The number of alkyl halides is 2. The van der Waals surface area contributed by atoms with Gasteiger partial charge in [0.25, 0.3) is 10.0 Å². The highest BCUT2D eigenvalue weighted by molar-refractivity contribution is 9.10. The molecule has 0 saturated carbocycles. The summed E-state index contributed by atoms with van der Waals surface area (Å²) in [6.07, 6.45) is -3.74. The Hall–Kier alpha value is -1.39. The maximum absolute atomic E-state index is 12.9. The molecular formula is C11H6BrF2NO4S2. The van der Waals surface area contributed by atoms with Gasteiger partial charge in [-0.15, -0.1) is 20.1 Å². The molecule has 0 fully saturated rings. The van der Waals surface area contributed by atoms with Crippen molar-refractivity contribution in [2.75, 3.05) is 4.72 Å². The van der Waals surface area contributed by atoms with Crippen LogP contribution in [0.4, 0.5) is 14.5 Å². The highest BCUT2D eigenvalue weighted by atomic mass is 79.9. The Kier molecular flexibility index (Phi) is 3.34. The van der Waals surface area contributed by atoms with E-state index in [1.165, 1.54) is 12.1 Å². The number of anilines is 1. The molecule has 3 rings (SSSR count). The molecule has 2 aromatic rings. The number of hydrogen-bond acceptors (Lipinski definition) is 5. The van der Waals surface area contributed by atoms with Crippen molar-refractivity contribution in [2.24, 2.45) is 0 Å². The third kappa shape index (κ3) is 2.83. The van der Waals surface area contributed by atoms with Gasteiger partial charge in [0.05, 0.1) is 5.69 Å². The molecule has 112 valence electrons. The van der Waals surface area contributed by atoms with Gasteiger partial charge in [-0.1, -0.05) is 0 Å². The highest BCUT2D eigenvalue weighted by Crippen LogP contribution is 2.42. The minimum Gasteiger partial charge on any atom is -0.395 e. The third-order valence-corrected chi connectivity index (χ3v) is 6.53. The number of fused-ring (bicyclic) bond motifs is 1. The molecule has 21 heavy (non-hydrogen) atoms. The van der Waals surface area contributed by atoms with Crippen LogP contribution in [0.2, 0.25) is 0 Å². The van der Waals surface area contributed by atoms with Gasteiger partial charge in [0.2, 0.25) is 0 Å². The topological polar surface area (TPSA) is 64.6 Å². The van der Waals surface area contributed by atoms with E-state index in [0.717, 1.165) is 17.4 Å². The molecule has 0 atom stereocenters. The quantitative estimate of drug-likeness (QED) is 0.858. The fraction of sp³-hybridized carbons (Fsp3) is 0.0909. The molecule has 0 saturated heterocycles. The van der Waals surface area contributed by atoms with Crippen LogP contribution in [0, 0.1) is 0 Å². The molecule has 0 spiro atoms. The summed E-state index contributed by atoms with van der Waals surface area (Å²) >= 11 is 4.16. The molecule has 0 amide bonds. The van der Waals surface area contributed by atoms with E-state index in [2.05, 4.69) is 30.1 Å². The SMILES string of the molecule is O=S(=O)(Nc1ccc2c(c1)OC(F)(F)O2)c1sccc1Br. The molecule has 0 radical (unpaired) electrons. The number of hydrogen-bond donors (Lipinski definition) is 1. The Morgan fingerprint density at radius 1 is 1.19 bits per heavy atom. The number of nitrogens with one attached hydrogen (secondary N) is 1. The van der Waals surface area contributed by atoms with Crippen LogP contribution in [0.3, 0.4) is 0 Å². The number of halogens is 3. The van der Waals surface area contributed by atoms with E-state index in [4.69, 9.17) is 0 Å². The minimum atomic E-state index is -3.81. The maximum atomic E-state index is 12.9. The summed E-state index contributed by atoms with van der Waals surface area (Å²) in [5.74, 6) is -0.384. The standard InChI is InChI=1S/C11H6BrF2NO4S2/c12-7-3-4-20-10(7)21(16,17)15-6-1-2-8-9(5-6)19-11(13,14)18-8/h1-5,15H. The number of ether oxygens (including phenoxy) is 2. The molecule has 1 aliphatic rings. The zero-order chi connectivity index (χ0) is 15.3. The first kappa shape index (κ1) is 14.5. The van der Waals surface area contributed by atoms with Gasteiger partial charge in [-0.3, -0.25) is 4.72 Å². The van der Waals surface area contributed by atoms with Gasteiger partial charge in [0.1, 0.15) is 0 Å². The Morgan fingerprint density at radius 3 is 2.57 bits per heavy atom. The fourth-order valence-electron chi connectivity index (χ4n) is 1.69. The van der Waals surface area contributed by atoms with Crippen LogP contribution in [0.5, 0.6) is 11.5 Å². The fourth-order valence-corrected chi connectivity index (χ4v) is 5.07. The van der Waals surface area contributed by atoms with Crippen molar-refractivity contribution in [2.45, 2.75) is 10.5 Å². The zero-order valence-electron chi connectivity index (χ0n) is 9.97. The number of thiophene rings is 1. The smallest absolute Gasteiger partial charge is 0.395 e. The van der Waals surface area contributed by atoms with Gasteiger partial charge >= 0.3 is 6.29 Å². The van der Waals surface area contributed by atoms with Crippen molar-refractivity contribution in [3.05, 3.63) is 34.1 Å². The van der Waals surface area contributed by atoms with E-state index in [1.54, 1.807) is 11.4 Å². The summed E-state index contributed by atoms with van der Waals surface area (Å²) < 4.78 is 61.4.